The summed E-state index contributed by atoms with van der Waals surface area (Å²) in [6.45, 7) is 7.36. The smallest absolute Gasteiger partial charge is 0.307 e. The maximum atomic E-state index is 11.9. The lowest BCUT2D eigenvalue weighted by atomic mass is 9.75. The molecule has 138 valence electrons. The van der Waals surface area contributed by atoms with Crippen molar-refractivity contribution in [3.05, 3.63) is 34.9 Å². The normalized spacial score (nSPS) is 13.3. The maximum absolute atomic E-state index is 11.9. The summed E-state index contributed by atoms with van der Waals surface area (Å²) in [4.78, 5) is 14.4. The summed E-state index contributed by atoms with van der Waals surface area (Å²) in [5.74, 6) is -0.388. The van der Waals surface area contributed by atoms with E-state index in [1.807, 2.05) is 18.2 Å². The zero-order valence-corrected chi connectivity index (χ0v) is 16.3. The second kappa shape index (κ2) is 11.1. The first kappa shape index (κ1) is 21.5. The zero-order chi connectivity index (χ0) is 18.7. The Bertz CT molecular complexity index is 579. The van der Waals surface area contributed by atoms with Crippen LogP contribution in [0.25, 0.3) is 0 Å². The average molecular weight is 365 g/mol. The number of carbonyl (C=O) groups is 1. The number of carbonyl (C=O) groups excluding carboxylic acids is 1. The molecule has 1 aromatic carbocycles. The summed E-state index contributed by atoms with van der Waals surface area (Å²) in [7, 11) is 1.35. The van der Waals surface area contributed by atoms with Crippen LogP contribution in [-0.2, 0) is 14.9 Å². The highest BCUT2D eigenvalue weighted by molar-refractivity contribution is 6.31. The van der Waals surface area contributed by atoms with E-state index in [-0.39, 0.29) is 12.4 Å². The summed E-state index contributed by atoms with van der Waals surface area (Å²) in [6, 6.07) is 9.66. The van der Waals surface area contributed by atoms with Crippen LogP contribution in [0.1, 0.15) is 51.5 Å². The van der Waals surface area contributed by atoms with Gasteiger partial charge >= 0.3 is 5.97 Å². The van der Waals surface area contributed by atoms with E-state index >= 15 is 0 Å². The number of rotatable bonds is 11. The van der Waals surface area contributed by atoms with Gasteiger partial charge in [-0.15, -0.1) is 0 Å². The lowest BCUT2D eigenvalue weighted by Gasteiger charge is -2.29. The third-order valence-electron chi connectivity index (χ3n) is 4.43. The molecule has 0 spiro atoms. The lowest BCUT2D eigenvalue weighted by Crippen LogP contribution is -2.32. The van der Waals surface area contributed by atoms with Crippen molar-refractivity contribution < 1.29 is 9.53 Å². The van der Waals surface area contributed by atoms with Crippen molar-refractivity contribution in [2.45, 2.75) is 51.4 Å². The Balaban J connectivity index is 2.97. The Kier molecular flexibility index (Phi) is 9.55. The molecule has 0 aliphatic heterocycles. The number of methoxy groups -OCH3 is 1. The molecule has 0 heterocycles. The van der Waals surface area contributed by atoms with Crippen LogP contribution < -0.4 is 0 Å². The fourth-order valence-corrected chi connectivity index (χ4v) is 3.53. The minimum absolute atomic E-state index is 0.0191. The van der Waals surface area contributed by atoms with Crippen molar-refractivity contribution in [3.63, 3.8) is 0 Å². The van der Waals surface area contributed by atoms with E-state index in [1.54, 1.807) is 6.07 Å². The van der Waals surface area contributed by atoms with Crippen LogP contribution in [0.4, 0.5) is 0 Å². The number of halogens is 1. The van der Waals surface area contributed by atoms with Crippen LogP contribution in [0, 0.1) is 11.3 Å². The molecule has 5 heteroatoms. The van der Waals surface area contributed by atoms with Gasteiger partial charge in [-0.3, -0.25) is 4.79 Å². The van der Waals surface area contributed by atoms with Gasteiger partial charge in [0, 0.05) is 5.02 Å². The van der Waals surface area contributed by atoms with Gasteiger partial charge in [-0.1, -0.05) is 43.6 Å². The third-order valence-corrected chi connectivity index (χ3v) is 4.76. The van der Waals surface area contributed by atoms with Gasteiger partial charge in [0.25, 0.3) is 0 Å². The minimum atomic E-state index is -0.949. The van der Waals surface area contributed by atoms with E-state index in [1.165, 1.54) is 7.11 Å². The van der Waals surface area contributed by atoms with Gasteiger partial charge in [0.2, 0.25) is 0 Å². The van der Waals surface area contributed by atoms with Crippen molar-refractivity contribution in [2.75, 3.05) is 26.7 Å². The van der Waals surface area contributed by atoms with Gasteiger partial charge < -0.3 is 9.64 Å². The maximum Gasteiger partial charge on any atom is 0.307 e. The molecule has 0 aromatic heterocycles. The van der Waals surface area contributed by atoms with E-state index in [0.717, 1.165) is 38.9 Å². The second-order valence-electron chi connectivity index (χ2n) is 6.37. The van der Waals surface area contributed by atoms with E-state index in [0.29, 0.717) is 17.0 Å². The predicted octanol–water partition coefficient (Wildman–Crippen LogP) is 4.57. The summed E-state index contributed by atoms with van der Waals surface area (Å²) >= 11 is 6.34. The molecular formula is C20H29ClN2O2. The Morgan fingerprint density at radius 3 is 2.40 bits per heavy atom. The SMILES string of the molecule is CCCN(CCC)CCCC(C#N)(CC(=O)OC)c1ccccc1Cl. The first-order valence-electron chi connectivity index (χ1n) is 8.98. The molecule has 0 saturated heterocycles. The van der Waals surface area contributed by atoms with Crippen LogP contribution in [0.3, 0.4) is 0 Å². The van der Waals surface area contributed by atoms with Crippen molar-refractivity contribution in [1.29, 1.82) is 5.26 Å². The molecule has 0 N–H and O–H groups in total. The standard InChI is InChI=1S/C20H29ClN2O2/c1-4-12-23(13-5-2)14-8-11-20(16-22,15-19(24)25-3)17-9-6-7-10-18(17)21/h6-7,9-10H,4-5,8,11-15H2,1-3H3. The van der Waals surface area contributed by atoms with Gasteiger partial charge in [-0.2, -0.15) is 5.26 Å². The fraction of sp³-hybridized carbons (Fsp3) is 0.600. The van der Waals surface area contributed by atoms with Crippen molar-refractivity contribution >= 4 is 17.6 Å². The summed E-state index contributed by atoms with van der Waals surface area (Å²) in [5, 5.41) is 10.5. The van der Waals surface area contributed by atoms with Crippen LogP contribution >= 0.6 is 11.6 Å². The molecule has 1 atom stereocenters. The van der Waals surface area contributed by atoms with Gasteiger partial charge in [0.05, 0.1) is 25.0 Å². The summed E-state index contributed by atoms with van der Waals surface area (Å²) < 4.78 is 4.83. The van der Waals surface area contributed by atoms with E-state index < -0.39 is 5.41 Å². The molecule has 0 radical (unpaired) electrons. The predicted molar refractivity (Wildman–Crippen MR) is 102 cm³/mol. The number of benzene rings is 1. The Morgan fingerprint density at radius 1 is 1.24 bits per heavy atom. The Labute approximate surface area is 156 Å². The molecule has 0 aliphatic rings. The summed E-state index contributed by atoms with van der Waals surface area (Å²) in [5.41, 5.74) is -0.239. The molecule has 0 bridgehead atoms. The van der Waals surface area contributed by atoms with Crippen molar-refractivity contribution in [2.24, 2.45) is 0 Å². The lowest BCUT2D eigenvalue weighted by molar-refractivity contribution is -0.141. The van der Waals surface area contributed by atoms with Crippen molar-refractivity contribution in [1.82, 2.24) is 4.90 Å². The fourth-order valence-electron chi connectivity index (χ4n) is 3.21. The van der Waals surface area contributed by atoms with Crippen molar-refractivity contribution in [3.8, 4) is 6.07 Å². The van der Waals surface area contributed by atoms with Crippen LogP contribution in [-0.4, -0.2) is 37.6 Å². The molecule has 0 fully saturated rings. The number of nitriles is 1. The van der Waals surface area contributed by atoms with E-state index in [4.69, 9.17) is 16.3 Å². The van der Waals surface area contributed by atoms with Crippen LogP contribution in [0.15, 0.2) is 24.3 Å². The number of nitrogens with zero attached hydrogens (tertiary/aromatic N) is 2. The molecule has 4 nitrogen and oxygen atoms in total. The highest BCUT2D eigenvalue weighted by atomic mass is 35.5. The molecule has 1 rings (SSSR count). The summed E-state index contributed by atoms with van der Waals surface area (Å²) in [6.07, 6.45) is 3.64. The number of ether oxygens (including phenoxy) is 1. The van der Waals surface area contributed by atoms with Crippen LogP contribution in [0.2, 0.25) is 5.02 Å². The molecular weight excluding hydrogens is 336 g/mol. The molecule has 1 unspecified atom stereocenters. The van der Waals surface area contributed by atoms with Crippen LogP contribution in [0.5, 0.6) is 0 Å². The molecule has 1 aromatic rings. The number of hydrogen-bond donors (Lipinski definition) is 0. The average Bonchev–Trinajstić information content (AvgIpc) is 2.61. The Morgan fingerprint density at radius 2 is 1.88 bits per heavy atom. The monoisotopic (exact) mass is 364 g/mol. The zero-order valence-electron chi connectivity index (χ0n) is 15.6. The highest BCUT2D eigenvalue weighted by Gasteiger charge is 2.36. The Hall–Kier alpha value is -1.57. The molecule has 25 heavy (non-hydrogen) atoms. The van der Waals surface area contributed by atoms with E-state index in [2.05, 4.69) is 24.8 Å². The quantitative estimate of drug-likeness (QED) is 0.540. The molecule has 0 saturated carbocycles. The topological polar surface area (TPSA) is 53.3 Å². The molecule has 0 amide bonds. The largest absolute Gasteiger partial charge is 0.469 e. The minimum Gasteiger partial charge on any atom is -0.469 e. The highest BCUT2D eigenvalue weighted by Crippen LogP contribution is 2.37. The third kappa shape index (κ3) is 6.34. The van der Waals surface area contributed by atoms with E-state index in [9.17, 15) is 10.1 Å². The molecule has 0 aliphatic carbocycles. The number of hydrogen-bond acceptors (Lipinski definition) is 4. The van der Waals surface area contributed by atoms with Gasteiger partial charge in [-0.25, -0.2) is 0 Å². The first-order valence-corrected chi connectivity index (χ1v) is 9.36. The van der Waals surface area contributed by atoms with Gasteiger partial charge in [0.1, 0.15) is 0 Å². The van der Waals surface area contributed by atoms with Gasteiger partial charge in [0.15, 0.2) is 0 Å². The van der Waals surface area contributed by atoms with Gasteiger partial charge in [-0.05, 0) is 56.9 Å². The number of esters is 1. The second-order valence-corrected chi connectivity index (χ2v) is 6.78. The first-order chi connectivity index (χ1) is 12.0.